The predicted molar refractivity (Wildman–Crippen MR) is 516 cm³/mol. The molecular weight excluding hydrogens is 1780 g/mol. The molecule has 0 spiro atoms. The summed E-state index contributed by atoms with van der Waals surface area (Å²) in [5, 5.41) is 42.4. The third kappa shape index (κ3) is 41.9. The number of hydrogen-bond acceptors (Lipinski definition) is 26. The van der Waals surface area contributed by atoms with Gasteiger partial charge in [0.25, 0.3) is 0 Å². The van der Waals surface area contributed by atoms with E-state index in [1.165, 1.54) is 197 Å². The Morgan fingerprint density at radius 2 is 0.794 bits per heavy atom. The highest BCUT2D eigenvalue weighted by Gasteiger charge is 2.34. The molecule has 0 radical (unpaired) electrons. The zero-order valence-electron chi connectivity index (χ0n) is 74.5. The van der Waals surface area contributed by atoms with Gasteiger partial charge in [0.05, 0.1) is 79.0 Å². The van der Waals surface area contributed by atoms with Crippen molar-refractivity contribution in [3.8, 4) is 0 Å². The minimum atomic E-state index is -0.0194. The summed E-state index contributed by atoms with van der Waals surface area (Å²) < 4.78 is 12.5. The van der Waals surface area contributed by atoms with Crippen LogP contribution in [0.5, 0.6) is 0 Å². The molecule has 5 aliphatic carbocycles. The minimum absolute atomic E-state index is 0.0194. The predicted octanol–water partition coefficient (Wildman–Crippen LogP) is 25.5. The summed E-state index contributed by atoms with van der Waals surface area (Å²) in [5.41, 5.74) is 3.62. The second kappa shape index (κ2) is 63.6. The first kappa shape index (κ1) is 108. The van der Waals surface area contributed by atoms with E-state index in [0.29, 0.717) is 96.9 Å². The van der Waals surface area contributed by atoms with Crippen LogP contribution < -0.4 is 10.6 Å². The number of thiophene rings is 4. The van der Waals surface area contributed by atoms with Crippen LogP contribution in [-0.2, 0) is 38.4 Å². The largest absolute Gasteiger partial charge is 0.466 e. The third-order valence-corrected chi connectivity index (χ3v) is 30.2. The maximum absolute atomic E-state index is 12.1. The van der Waals surface area contributed by atoms with Gasteiger partial charge in [-0.2, -0.15) is 0 Å². The van der Waals surface area contributed by atoms with E-state index in [-0.39, 0.29) is 65.2 Å². The highest BCUT2D eigenvalue weighted by Crippen LogP contribution is 2.35. The molecule has 10 heterocycles. The molecule has 4 N–H and O–H groups in total. The van der Waals surface area contributed by atoms with Crippen LogP contribution in [0.4, 0.5) is 0 Å². The highest BCUT2D eigenvalue weighted by atomic mass is 35.5. The lowest BCUT2D eigenvalue weighted by molar-refractivity contribution is -0.149. The first-order valence-electron chi connectivity index (χ1n) is 46.6. The summed E-state index contributed by atoms with van der Waals surface area (Å²) in [5.74, 6) is 4.00. The number of rotatable bonds is 27. The lowest BCUT2D eigenvalue weighted by atomic mass is 9.84. The van der Waals surface area contributed by atoms with Crippen molar-refractivity contribution in [3.63, 3.8) is 0 Å². The van der Waals surface area contributed by atoms with E-state index in [0.717, 1.165) is 181 Å². The quantitative estimate of drug-likeness (QED) is 0.00820. The molecule has 4 aromatic heterocycles. The topological polar surface area (TPSA) is 295 Å². The van der Waals surface area contributed by atoms with Gasteiger partial charge in [0, 0.05) is 80.7 Å². The normalized spacial score (nSPS) is 21.1. The number of Topliss-reactive ketones (excluding diaryl/α,β-unsaturated/α-hetero) is 4. The highest BCUT2D eigenvalue weighted by molar-refractivity contribution is 7.19. The van der Waals surface area contributed by atoms with Gasteiger partial charge in [-0.05, 0) is 243 Å². The van der Waals surface area contributed by atoms with E-state index in [2.05, 4.69) is 54.8 Å². The van der Waals surface area contributed by atoms with E-state index >= 15 is 0 Å². The summed E-state index contributed by atoms with van der Waals surface area (Å²) in [6, 6.07) is 14.2. The van der Waals surface area contributed by atoms with Crippen LogP contribution in [0.1, 0.15) is 329 Å². The number of carbonyl (C=O) groups excluding carboxylic acids is 7. The number of ether oxygens (including phenoxy) is 2. The van der Waals surface area contributed by atoms with Crippen LogP contribution >= 0.6 is 103 Å². The zero-order chi connectivity index (χ0) is 90.5. The van der Waals surface area contributed by atoms with Crippen molar-refractivity contribution in [2.24, 2.45) is 73.1 Å². The molecule has 3 saturated heterocycles. The molecule has 6 aliphatic heterocycles. The van der Waals surface area contributed by atoms with Gasteiger partial charge < -0.3 is 54.7 Å². The smallest absolute Gasteiger partial charge is 0.309 e. The summed E-state index contributed by atoms with van der Waals surface area (Å²) in [6.07, 6.45) is 49.6. The maximum Gasteiger partial charge on any atom is 0.309 e. The van der Waals surface area contributed by atoms with E-state index in [1.54, 1.807) is 60.8 Å². The molecule has 702 valence electrons. The summed E-state index contributed by atoms with van der Waals surface area (Å²) in [7, 11) is 0. The van der Waals surface area contributed by atoms with E-state index in [9.17, 15) is 33.6 Å². The molecular formula is C95H139Cl5N8O14S4. The Labute approximate surface area is 789 Å². The average molecular weight is 1920 g/mol. The molecule has 126 heavy (non-hydrogen) atoms. The molecule has 22 nitrogen and oxygen atoms in total. The first-order valence-corrected chi connectivity index (χ1v) is 51.8. The lowest BCUT2D eigenvalue weighted by Gasteiger charge is -2.30. The Balaban J connectivity index is 0.000000199. The van der Waals surface area contributed by atoms with Gasteiger partial charge in [-0.15, -0.1) is 57.1 Å². The van der Waals surface area contributed by atoms with Crippen molar-refractivity contribution in [2.45, 2.75) is 309 Å². The third-order valence-electron chi connectivity index (χ3n) is 24.7. The monoisotopic (exact) mass is 1920 g/mol. The Morgan fingerprint density at radius 3 is 1.13 bits per heavy atom. The molecule has 0 amide bonds. The number of aldehydes is 1. The van der Waals surface area contributed by atoms with Gasteiger partial charge in [0.1, 0.15) is 29.8 Å². The molecule has 3 unspecified atom stereocenters. The van der Waals surface area contributed by atoms with Gasteiger partial charge in [-0.25, -0.2) is 0 Å². The van der Waals surface area contributed by atoms with Gasteiger partial charge in [-0.1, -0.05) is 188 Å². The first-order chi connectivity index (χ1) is 61.2. The SMILES string of the molecule is C=CCCC(=O)c1ccc(Cl)s1.CCN1CCC(C2=NOC(CCC(=O)c3ccc(Cl)s3)C2)CC1.CCOC(=O)C1CCCCC1.CCOC(=O)C1CCNCC1.O/N=C(\Cl)C1CCCCC1.O/N=C/C1CCCCC1.O=C(CCC1CC(C2CCCCC2)=NO1)c1ccc(Cl)s1.O=C(CCC1CC(C2CCNCC2)=NO1)c1ccc(Cl)s1.O=CC1CCCCC1. The summed E-state index contributed by atoms with van der Waals surface area (Å²) in [4.78, 5) is 102. The number of nitrogens with zero attached hydrogens (tertiary/aromatic N) is 6. The number of esters is 2. The van der Waals surface area contributed by atoms with Gasteiger partial charge in [0.2, 0.25) is 0 Å². The van der Waals surface area contributed by atoms with Crippen molar-refractivity contribution in [1.82, 2.24) is 15.5 Å². The molecule has 0 bridgehead atoms. The van der Waals surface area contributed by atoms with Crippen LogP contribution in [0.2, 0.25) is 17.3 Å². The fourth-order valence-corrected chi connectivity index (χ4v) is 21.4. The van der Waals surface area contributed by atoms with Crippen LogP contribution in [0, 0.1) is 47.3 Å². The van der Waals surface area contributed by atoms with Crippen LogP contribution in [-0.4, -0.2) is 163 Å². The number of likely N-dealkylation sites (tertiary alicyclic amines) is 1. The van der Waals surface area contributed by atoms with Crippen molar-refractivity contribution >= 4 is 173 Å². The van der Waals surface area contributed by atoms with Crippen molar-refractivity contribution in [1.29, 1.82) is 0 Å². The molecule has 8 fully saturated rings. The maximum atomic E-state index is 12.1. The fraction of sp³-hybridized carbons (Fsp3) is 0.684. The number of oxime groups is 5. The van der Waals surface area contributed by atoms with Gasteiger partial charge >= 0.3 is 11.9 Å². The molecule has 31 heteroatoms. The average Bonchev–Trinajstić information content (AvgIpc) is 1.70. The number of halogens is 5. The van der Waals surface area contributed by atoms with E-state index < -0.39 is 0 Å². The van der Waals surface area contributed by atoms with E-state index in [1.807, 2.05) is 13.8 Å². The van der Waals surface area contributed by atoms with Crippen LogP contribution in [0.3, 0.4) is 0 Å². The number of ketones is 4. The molecule has 5 saturated carbocycles. The Morgan fingerprint density at radius 1 is 0.460 bits per heavy atom. The summed E-state index contributed by atoms with van der Waals surface area (Å²) in [6.45, 7) is 18.0. The van der Waals surface area contributed by atoms with Crippen molar-refractivity contribution < 1.29 is 68.0 Å². The minimum Gasteiger partial charge on any atom is -0.466 e. The Hall–Kier alpha value is -5.49. The summed E-state index contributed by atoms with van der Waals surface area (Å²) >= 11 is 34.3. The second-order valence-corrected chi connectivity index (χ2v) is 41.2. The van der Waals surface area contributed by atoms with Gasteiger partial charge in [-0.3, -0.25) is 28.8 Å². The number of allylic oxidation sites excluding steroid dienone is 1. The Bertz CT molecular complexity index is 3840. The van der Waals surface area contributed by atoms with Crippen molar-refractivity contribution in [2.75, 3.05) is 59.0 Å². The number of piperidine rings is 3. The van der Waals surface area contributed by atoms with Crippen LogP contribution in [0.25, 0.3) is 0 Å². The lowest BCUT2D eigenvalue weighted by Crippen LogP contribution is -2.36. The molecule has 4 aromatic rings. The second-order valence-electron chi connectivity index (χ2n) is 34.0. The van der Waals surface area contributed by atoms with E-state index in [4.69, 9.17) is 92.4 Å². The molecule has 11 aliphatic rings. The molecule has 0 aromatic carbocycles. The van der Waals surface area contributed by atoms with Crippen molar-refractivity contribution in [3.05, 3.63) is 98.0 Å². The van der Waals surface area contributed by atoms with Gasteiger partial charge in [0.15, 0.2) is 23.1 Å². The standard InChI is InChI=1S/C17H23ClN2O2S.C16H20ClNO2S.C15H19ClN2O2S.C9H9ClOS.C9H16O2.C8H15NO2.C7H12ClNO.C7H13NO.C7H12O/c1-2-20-9-7-12(8-10-20)14-11-13(22-19-14)3-4-15(21)16-5-6-17(18)23-16;17-16-9-8-15(21-16)14(19)7-6-12-10-13(18-20-12)11-4-2-1-3-5-11;16-15-4-3-14(21-15)13(19)2-1-11-9-12(18-20-11)10-5-7-17-8-6-10;1-2-3-4-7(11)8-5-6-9(10)12-8;1-2-11-9(10)8-6-4-3-5-7-8;1-2-11-8(10)7-3-5-9-6-4-7;8-7(9-10)6-4-2-1-3-5-6;9-8-6-7-4-2-1-3-5-7;8-6-7-4-2-1-3-5-7/h5-6,12-13H,2-4,7-11H2,1H3;8-9,11-12H,1-7,10H2;3-4,10-11,17H,1-2,5-9H2;2,5-6H,1,3-4H2;8H,2-7H2,1H3;7,9H,2-6H2,1H3;6,10H,1-5H2;6-7,9H,1-5H2;6-7H,1-5H2/b;;;;;;9-7-;8-6+;. The fourth-order valence-electron chi connectivity index (χ4n) is 17.2. The molecule has 3 atom stereocenters. The number of hydrogen-bond donors (Lipinski definition) is 4. The Kier molecular flexibility index (Phi) is 54.2. The molecule has 15 rings (SSSR count). The zero-order valence-corrected chi connectivity index (χ0v) is 81.5. The number of carbonyl (C=O) groups is 7. The van der Waals surface area contributed by atoms with Crippen LogP contribution in [0.15, 0.2) is 87.0 Å². The number of nitrogens with one attached hydrogen (secondary N) is 2.